The first-order chi connectivity index (χ1) is 20.0. The molecular weight excluding hydrogens is 556 g/mol. The van der Waals surface area contributed by atoms with Gasteiger partial charge < -0.3 is 25.3 Å². The van der Waals surface area contributed by atoms with Crippen molar-refractivity contribution in [3.05, 3.63) is 81.5 Å². The predicted octanol–water partition coefficient (Wildman–Crippen LogP) is 4.61. The van der Waals surface area contributed by atoms with Gasteiger partial charge in [0.15, 0.2) is 0 Å². The molecule has 5 rings (SSSR count). The fourth-order valence-corrected chi connectivity index (χ4v) is 5.61. The Morgan fingerprint density at radius 1 is 1.12 bits per heavy atom. The van der Waals surface area contributed by atoms with Crippen LogP contribution >= 0.6 is 0 Å². The topological polar surface area (TPSA) is 104 Å². The molecule has 0 bridgehead atoms. The number of H-pyrrole nitrogens is 1. The van der Waals surface area contributed by atoms with Gasteiger partial charge in [0.1, 0.15) is 11.6 Å². The molecule has 1 aromatic heterocycles. The molecule has 2 amide bonds. The van der Waals surface area contributed by atoms with Crippen LogP contribution < -0.4 is 20.9 Å². The number of carbonyl (C=O) groups excluding carboxylic acids is 2. The van der Waals surface area contributed by atoms with Crippen LogP contribution in [-0.2, 0) is 17.4 Å². The second-order valence-corrected chi connectivity index (χ2v) is 10.7. The molecule has 42 heavy (non-hydrogen) atoms. The van der Waals surface area contributed by atoms with Gasteiger partial charge in [0.05, 0.1) is 18.6 Å². The van der Waals surface area contributed by atoms with Crippen molar-refractivity contribution in [1.82, 2.24) is 15.2 Å². The molecule has 1 spiro atoms. The third-order valence-electron chi connectivity index (χ3n) is 7.75. The van der Waals surface area contributed by atoms with Crippen LogP contribution in [0.2, 0.25) is 0 Å². The molecule has 0 aliphatic carbocycles. The highest BCUT2D eigenvalue weighted by Crippen LogP contribution is 2.38. The predicted molar refractivity (Wildman–Crippen MR) is 148 cm³/mol. The third kappa shape index (κ3) is 6.33. The molecule has 222 valence electrons. The highest BCUT2D eigenvalue weighted by atomic mass is 19.4. The lowest BCUT2D eigenvalue weighted by atomic mass is 9.86. The maximum atomic E-state index is 15.0. The van der Waals surface area contributed by atoms with Gasteiger partial charge in [-0.2, -0.15) is 13.2 Å². The normalized spacial score (nSPS) is 18.5. The maximum Gasteiger partial charge on any atom is 0.416 e. The van der Waals surface area contributed by atoms with E-state index in [1.165, 1.54) is 30.5 Å². The van der Waals surface area contributed by atoms with Crippen molar-refractivity contribution in [2.45, 2.75) is 32.4 Å². The summed E-state index contributed by atoms with van der Waals surface area (Å²) < 4.78 is 61.7. The summed E-state index contributed by atoms with van der Waals surface area (Å²) in [5, 5.41) is 5.68. The minimum Gasteiger partial charge on any atom is -0.493 e. The Kier molecular flexibility index (Phi) is 8.09. The largest absolute Gasteiger partial charge is 0.493 e. The van der Waals surface area contributed by atoms with E-state index in [1.54, 1.807) is 17.9 Å². The van der Waals surface area contributed by atoms with Gasteiger partial charge >= 0.3 is 6.18 Å². The summed E-state index contributed by atoms with van der Waals surface area (Å²) >= 11 is 0. The fourth-order valence-electron chi connectivity index (χ4n) is 5.61. The number of anilines is 1. The van der Waals surface area contributed by atoms with E-state index in [9.17, 15) is 27.6 Å². The molecule has 12 heteroatoms. The molecule has 3 heterocycles. The van der Waals surface area contributed by atoms with Gasteiger partial charge in [0.25, 0.3) is 11.5 Å². The van der Waals surface area contributed by atoms with E-state index in [1.807, 2.05) is 0 Å². The van der Waals surface area contributed by atoms with Crippen LogP contribution in [0.4, 0.5) is 23.2 Å². The van der Waals surface area contributed by atoms with Crippen molar-refractivity contribution in [2.24, 2.45) is 5.41 Å². The van der Waals surface area contributed by atoms with E-state index in [4.69, 9.17) is 4.74 Å². The Morgan fingerprint density at radius 2 is 1.93 bits per heavy atom. The van der Waals surface area contributed by atoms with Gasteiger partial charge in [0, 0.05) is 54.1 Å². The molecule has 1 atom stereocenters. The van der Waals surface area contributed by atoms with Crippen molar-refractivity contribution < 1.29 is 31.9 Å². The second-order valence-electron chi connectivity index (χ2n) is 10.7. The summed E-state index contributed by atoms with van der Waals surface area (Å²) in [6.07, 6.45) is -2.14. The number of aromatic nitrogens is 1. The van der Waals surface area contributed by atoms with Crippen LogP contribution in [-0.4, -0.2) is 54.5 Å². The Bertz CT molecular complexity index is 1560. The number of benzene rings is 2. The highest BCUT2D eigenvalue weighted by molar-refractivity contribution is 5.98. The zero-order valence-corrected chi connectivity index (χ0v) is 22.9. The number of likely N-dealkylation sites (tertiary alicyclic amines) is 1. The number of amides is 2. The van der Waals surface area contributed by atoms with Gasteiger partial charge in [-0.15, -0.1) is 0 Å². The van der Waals surface area contributed by atoms with E-state index >= 15 is 4.39 Å². The molecular formula is C30H30F4N4O4. The summed E-state index contributed by atoms with van der Waals surface area (Å²) in [6, 6.07) is 8.13. The van der Waals surface area contributed by atoms with Crippen molar-refractivity contribution in [3.63, 3.8) is 0 Å². The first-order valence-electron chi connectivity index (χ1n) is 13.6. The molecule has 2 saturated heterocycles. The van der Waals surface area contributed by atoms with Crippen LogP contribution in [0.5, 0.6) is 5.75 Å². The maximum absolute atomic E-state index is 15.0. The van der Waals surface area contributed by atoms with E-state index in [0.717, 1.165) is 38.1 Å². The van der Waals surface area contributed by atoms with Gasteiger partial charge in [-0.25, -0.2) is 4.39 Å². The number of nitrogens with zero attached hydrogens (tertiary/aromatic N) is 1. The number of nitrogens with one attached hydrogen (secondary N) is 3. The van der Waals surface area contributed by atoms with Gasteiger partial charge in [-0.3, -0.25) is 14.4 Å². The highest BCUT2D eigenvalue weighted by Gasteiger charge is 2.42. The minimum absolute atomic E-state index is 0.00875. The lowest BCUT2D eigenvalue weighted by molar-refractivity contribution is -0.137. The number of hydrogen-bond acceptors (Lipinski definition) is 5. The zero-order chi connectivity index (χ0) is 30.1. The van der Waals surface area contributed by atoms with E-state index in [2.05, 4.69) is 15.6 Å². The van der Waals surface area contributed by atoms with E-state index in [-0.39, 0.29) is 40.1 Å². The molecule has 2 aliphatic rings. The molecule has 2 aliphatic heterocycles. The number of hydrogen-bond donors (Lipinski definition) is 3. The first kappa shape index (κ1) is 29.3. The number of pyridine rings is 1. The van der Waals surface area contributed by atoms with Crippen LogP contribution in [0.1, 0.15) is 41.3 Å². The van der Waals surface area contributed by atoms with Crippen LogP contribution in [0, 0.1) is 11.2 Å². The number of halogens is 4. The Labute approximate surface area is 239 Å². The fraction of sp³-hybridized carbons (Fsp3) is 0.367. The van der Waals surface area contributed by atoms with Crippen LogP contribution in [0.15, 0.2) is 53.5 Å². The molecule has 8 nitrogen and oxygen atoms in total. The average molecular weight is 587 g/mol. The third-order valence-corrected chi connectivity index (χ3v) is 7.75. The van der Waals surface area contributed by atoms with Gasteiger partial charge in [-0.05, 0) is 61.7 Å². The van der Waals surface area contributed by atoms with Crippen molar-refractivity contribution in [3.8, 4) is 16.9 Å². The molecule has 3 aromatic rings. The molecule has 0 radical (unpaired) electrons. The number of aromatic amines is 1. The summed E-state index contributed by atoms with van der Waals surface area (Å²) in [6.45, 7) is 4.53. The zero-order valence-electron chi connectivity index (χ0n) is 22.9. The molecule has 2 fully saturated rings. The monoisotopic (exact) mass is 586 g/mol. The van der Waals surface area contributed by atoms with Gasteiger partial charge in [-0.1, -0.05) is 12.1 Å². The smallest absolute Gasteiger partial charge is 0.416 e. The first-order valence-corrected chi connectivity index (χ1v) is 13.6. The summed E-state index contributed by atoms with van der Waals surface area (Å²) in [5.41, 5.74) is -1.04. The van der Waals surface area contributed by atoms with Crippen molar-refractivity contribution in [1.29, 1.82) is 0 Å². The minimum atomic E-state index is -4.75. The number of rotatable bonds is 7. The molecule has 1 unspecified atom stereocenters. The van der Waals surface area contributed by atoms with E-state index in [0.29, 0.717) is 24.2 Å². The molecule has 2 aromatic carbocycles. The number of alkyl halides is 3. The molecule has 3 N–H and O–H groups in total. The summed E-state index contributed by atoms with van der Waals surface area (Å²) in [5.74, 6) is -1.74. The number of ether oxygens (including phenoxy) is 1. The standard InChI is InChI=1S/C30H30F4N4O4/c1-2-42-25-14-26(39)36-15-23(25)18-3-4-19(24(31)11-18)12-27(40)37-22-10-20(9-21(13-22)30(32,33)34)28(41)38-8-6-29(17-38)5-7-35-16-29/h3-4,9-11,13-15,35H,2,5-8,12,16-17H2,1H3,(H,36,39)(H,37,40). The lowest BCUT2D eigenvalue weighted by Gasteiger charge is -2.23. The van der Waals surface area contributed by atoms with Crippen LogP contribution in [0.25, 0.3) is 11.1 Å². The number of carbonyl (C=O) groups is 2. The Hall–Kier alpha value is -4.19. The average Bonchev–Trinajstić information content (AvgIpc) is 3.58. The van der Waals surface area contributed by atoms with Crippen molar-refractivity contribution >= 4 is 17.5 Å². The summed E-state index contributed by atoms with van der Waals surface area (Å²) in [4.78, 5) is 41.8. The van der Waals surface area contributed by atoms with Crippen LogP contribution in [0.3, 0.4) is 0 Å². The summed E-state index contributed by atoms with van der Waals surface area (Å²) in [7, 11) is 0. The molecule has 0 saturated carbocycles. The second kappa shape index (κ2) is 11.6. The quantitative estimate of drug-likeness (QED) is 0.351. The SMILES string of the molecule is CCOc1cc(=O)[nH]cc1-c1ccc(CC(=O)Nc2cc(C(=O)N3CCC4(CCNC4)C3)cc(C(F)(F)F)c2)c(F)c1. The van der Waals surface area contributed by atoms with Gasteiger partial charge in [0.2, 0.25) is 5.91 Å². The van der Waals surface area contributed by atoms with Crippen molar-refractivity contribution in [2.75, 3.05) is 38.1 Å². The lowest BCUT2D eigenvalue weighted by Crippen LogP contribution is -2.33. The Morgan fingerprint density at radius 3 is 2.62 bits per heavy atom. The van der Waals surface area contributed by atoms with E-state index < -0.39 is 35.8 Å². The Balaban J connectivity index is 1.33.